The summed E-state index contributed by atoms with van der Waals surface area (Å²) in [4.78, 5) is 12.2. The lowest BCUT2D eigenvalue weighted by Crippen LogP contribution is -2.49. The number of rotatable bonds is 4. The highest BCUT2D eigenvalue weighted by atomic mass is 16.1. The van der Waals surface area contributed by atoms with Crippen LogP contribution in [0.3, 0.4) is 0 Å². The minimum Gasteiger partial charge on any atom is -0.349 e. The van der Waals surface area contributed by atoms with E-state index in [0.29, 0.717) is 5.92 Å². The Labute approximate surface area is 115 Å². The van der Waals surface area contributed by atoms with Gasteiger partial charge in [0.05, 0.1) is 6.04 Å². The number of amides is 1. The lowest BCUT2D eigenvalue weighted by Gasteiger charge is -2.32. The van der Waals surface area contributed by atoms with Crippen LogP contribution in [0.4, 0.5) is 0 Å². The van der Waals surface area contributed by atoms with Gasteiger partial charge in [-0.05, 0) is 45.3 Å². The molecule has 0 aromatic heterocycles. The van der Waals surface area contributed by atoms with E-state index in [9.17, 15) is 4.79 Å². The van der Waals surface area contributed by atoms with Gasteiger partial charge in [0, 0.05) is 5.92 Å². The molecule has 19 heavy (non-hydrogen) atoms. The third kappa shape index (κ3) is 3.35. The molecule has 1 aromatic carbocycles. The van der Waals surface area contributed by atoms with E-state index >= 15 is 0 Å². The van der Waals surface area contributed by atoms with Crippen molar-refractivity contribution in [3.8, 4) is 0 Å². The molecule has 2 unspecified atom stereocenters. The van der Waals surface area contributed by atoms with E-state index < -0.39 is 0 Å². The standard InChI is InChI=1S/C16H24N2O/c1-10-5-11(2)7-14(6-10)13(4)18-16(19)12(3)15-8-17-9-15/h5-7,12-13,15,17H,8-9H2,1-4H3,(H,18,19). The molecule has 1 heterocycles. The number of benzene rings is 1. The third-order valence-corrected chi connectivity index (χ3v) is 4.04. The monoisotopic (exact) mass is 260 g/mol. The molecule has 104 valence electrons. The predicted octanol–water partition coefficient (Wildman–Crippen LogP) is 2.34. The van der Waals surface area contributed by atoms with Crippen molar-refractivity contribution in [1.82, 2.24) is 10.6 Å². The summed E-state index contributed by atoms with van der Waals surface area (Å²) in [6.07, 6.45) is 0. The molecule has 3 nitrogen and oxygen atoms in total. The first kappa shape index (κ1) is 14.1. The van der Waals surface area contributed by atoms with Gasteiger partial charge in [-0.25, -0.2) is 0 Å². The molecule has 1 saturated heterocycles. The number of carbonyl (C=O) groups is 1. The van der Waals surface area contributed by atoms with Crippen molar-refractivity contribution in [3.63, 3.8) is 0 Å². The first-order valence-electron chi connectivity index (χ1n) is 7.06. The second-order valence-electron chi connectivity index (χ2n) is 5.86. The summed E-state index contributed by atoms with van der Waals surface area (Å²) in [7, 11) is 0. The summed E-state index contributed by atoms with van der Waals surface area (Å²) in [6.45, 7) is 10.2. The van der Waals surface area contributed by atoms with Gasteiger partial charge in [-0.2, -0.15) is 0 Å². The topological polar surface area (TPSA) is 41.1 Å². The minimum atomic E-state index is 0.0709. The van der Waals surface area contributed by atoms with Crippen LogP contribution in [0.2, 0.25) is 0 Å². The summed E-state index contributed by atoms with van der Waals surface area (Å²) in [5.74, 6) is 0.749. The molecule has 3 heteroatoms. The van der Waals surface area contributed by atoms with Gasteiger partial charge >= 0.3 is 0 Å². The van der Waals surface area contributed by atoms with E-state index in [0.717, 1.165) is 13.1 Å². The van der Waals surface area contributed by atoms with Crippen molar-refractivity contribution < 1.29 is 4.79 Å². The highest BCUT2D eigenvalue weighted by Crippen LogP contribution is 2.20. The van der Waals surface area contributed by atoms with E-state index in [1.54, 1.807) is 0 Å². The van der Waals surface area contributed by atoms with Crippen LogP contribution in [0.25, 0.3) is 0 Å². The summed E-state index contributed by atoms with van der Waals surface area (Å²) in [5, 5.41) is 6.35. The smallest absolute Gasteiger partial charge is 0.223 e. The number of carbonyl (C=O) groups excluding carboxylic acids is 1. The van der Waals surface area contributed by atoms with Crippen molar-refractivity contribution in [2.24, 2.45) is 11.8 Å². The molecule has 1 aromatic rings. The zero-order valence-corrected chi connectivity index (χ0v) is 12.3. The Morgan fingerprint density at radius 1 is 1.21 bits per heavy atom. The Kier molecular flexibility index (Phi) is 4.25. The Morgan fingerprint density at radius 3 is 2.26 bits per heavy atom. The molecule has 0 aliphatic carbocycles. The fraction of sp³-hybridized carbons (Fsp3) is 0.562. The van der Waals surface area contributed by atoms with Gasteiger partial charge in [0.15, 0.2) is 0 Å². The number of hydrogen-bond donors (Lipinski definition) is 2. The largest absolute Gasteiger partial charge is 0.349 e. The Bertz CT molecular complexity index is 446. The fourth-order valence-corrected chi connectivity index (χ4v) is 2.57. The van der Waals surface area contributed by atoms with Crippen LogP contribution in [-0.4, -0.2) is 19.0 Å². The molecule has 2 rings (SSSR count). The molecule has 0 spiro atoms. The number of hydrogen-bond acceptors (Lipinski definition) is 2. The molecule has 0 bridgehead atoms. The summed E-state index contributed by atoms with van der Waals surface area (Å²) in [5.41, 5.74) is 3.67. The zero-order chi connectivity index (χ0) is 14.0. The molecule has 2 atom stereocenters. The van der Waals surface area contributed by atoms with E-state index in [4.69, 9.17) is 0 Å². The second kappa shape index (κ2) is 5.74. The second-order valence-corrected chi connectivity index (χ2v) is 5.86. The van der Waals surface area contributed by atoms with Gasteiger partial charge in [0.2, 0.25) is 5.91 Å². The van der Waals surface area contributed by atoms with Crippen molar-refractivity contribution >= 4 is 5.91 Å². The number of aryl methyl sites for hydroxylation is 2. The molecule has 1 aliphatic heterocycles. The molecular formula is C16H24N2O. The average Bonchev–Trinajstić information content (AvgIpc) is 2.24. The molecule has 1 fully saturated rings. The highest BCUT2D eigenvalue weighted by molar-refractivity contribution is 5.79. The first-order valence-corrected chi connectivity index (χ1v) is 7.06. The van der Waals surface area contributed by atoms with E-state index in [1.807, 2.05) is 6.92 Å². The van der Waals surface area contributed by atoms with Crippen LogP contribution in [0.15, 0.2) is 18.2 Å². The van der Waals surface area contributed by atoms with E-state index in [-0.39, 0.29) is 17.9 Å². The third-order valence-electron chi connectivity index (χ3n) is 4.04. The van der Waals surface area contributed by atoms with Crippen molar-refractivity contribution in [2.75, 3.05) is 13.1 Å². The lowest BCUT2D eigenvalue weighted by atomic mass is 9.88. The summed E-state index contributed by atoms with van der Waals surface area (Å²) >= 11 is 0. The van der Waals surface area contributed by atoms with Crippen LogP contribution >= 0.6 is 0 Å². The Hall–Kier alpha value is -1.35. The summed E-state index contributed by atoms with van der Waals surface area (Å²) in [6, 6.07) is 6.52. The van der Waals surface area contributed by atoms with Crippen LogP contribution in [0.5, 0.6) is 0 Å². The van der Waals surface area contributed by atoms with Crippen LogP contribution < -0.4 is 10.6 Å². The lowest BCUT2D eigenvalue weighted by molar-refractivity contribution is -0.127. The van der Waals surface area contributed by atoms with Gasteiger partial charge in [0.1, 0.15) is 0 Å². The molecule has 0 radical (unpaired) electrons. The molecular weight excluding hydrogens is 236 g/mol. The average molecular weight is 260 g/mol. The van der Waals surface area contributed by atoms with Crippen LogP contribution in [-0.2, 0) is 4.79 Å². The van der Waals surface area contributed by atoms with Crippen molar-refractivity contribution in [2.45, 2.75) is 33.7 Å². The van der Waals surface area contributed by atoms with Crippen LogP contribution in [0.1, 0.15) is 36.6 Å². The Morgan fingerprint density at radius 2 is 1.79 bits per heavy atom. The predicted molar refractivity (Wildman–Crippen MR) is 78.0 cm³/mol. The number of nitrogens with one attached hydrogen (secondary N) is 2. The SMILES string of the molecule is Cc1cc(C)cc(C(C)NC(=O)C(C)C2CNC2)c1. The van der Waals surface area contributed by atoms with Gasteiger partial charge < -0.3 is 10.6 Å². The maximum absolute atomic E-state index is 12.2. The van der Waals surface area contributed by atoms with Gasteiger partial charge in [-0.3, -0.25) is 4.79 Å². The normalized spacial score (nSPS) is 18.5. The summed E-state index contributed by atoms with van der Waals surface area (Å²) < 4.78 is 0. The molecule has 1 aliphatic rings. The molecule has 0 saturated carbocycles. The van der Waals surface area contributed by atoms with E-state index in [1.165, 1.54) is 16.7 Å². The first-order chi connectivity index (χ1) is 8.97. The Balaban J connectivity index is 1.99. The molecule has 1 amide bonds. The van der Waals surface area contributed by atoms with Crippen LogP contribution in [0, 0.1) is 25.7 Å². The van der Waals surface area contributed by atoms with Gasteiger partial charge in [0.25, 0.3) is 0 Å². The van der Waals surface area contributed by atoms with Gasteiger partial charge in [-0.15, -0.1) is 0 Å². The van der Waals surface area contributed by atoms with Gasteiger partial charge in [-0.1, -0.05) is 36.2 Å². The zero-order valence-electron chi connectivity index (χ0n) is 12.3. The highest BCUT2D eigenvalue weighted by Gasteiger charge is 2.29. The fourth-order valence-electron chi connectivity index (χ4n) is 2.57. The van der Waals surface area contributed by atoms with Crippen molar-refractivity contribution in [1.29, 1.82) is 0 Å². The minimum absolute atomic E-state index is 0.0709. The van der Waals surface area contributed by atoms with Crippen molar-refractivity contribution in [3.05, 3.63) is 34.9 Å². The molecule has 2 N–H and O–H groups in total. The quantitative estimate of drug-likeness (QED) is 0.872. The maximum atomic E-state index is 12.2. The maximum Gasteiger partial charge on any atom is 0.223 e. The van der Waals surface area contributed by atoms with E-state index in [2.05, 4.69) is 49.6 Å².